The molecule has 0 radical (unpaired) electrons. The zero-order valence-corrected chi connectivity index (χ0v) is 31.0. The molecule has 4 amide bonds. The van der Waals surface area contributed by atoms with Gasteiger partial charge in [0.15, 0.2) is 0 Å². The van der Waals surface area contributed by atoms with Crippen molar-refractivity contribution in [3.05, 3.63) is 54.2 Å². The molecule has 4 heterocycles. The molecule has 3 N–H and O–H groups in total. The highest BCUT2D eigenvalue weighted by molar-refractivity contribution is 7.91. The van der Waals surface area contributed by atoms with Crippen LogP contribution in [0.5, 0.6) is 0 Å². The number of alkyl carbamates (subject to hydrolysis) is 1. The van der Waals surface area contributed by atoms with Gasteiger partial charge < -0.3 is 20.3 Å². The van der Waals surface area contributed by atoms with E-state index in [2.05, 4.69) is 26.3 Å². The summed E-state index contributed by atoms with van der Waals surface area (Å²) in [6.45, 7) is 7.29. The van der Waals surface area contributed by atoms with E-state index >= 15 is 0 Å². The third-order valence-corrected chi connectivity index (χ3v) is 12.8. The molecule has 5 aliphatic rings. The SMILES string of the molecule is CC(C)(C)OC(=O)N[C@H]1CCCCC/C=C\[C@H]2C[C@@]2(C(=O)NS(=O)(=O)C2CC2)NC(=O)[C@@H]2[C@H]3CN(Cc4ccc5ccccc5n4)C[C@H]3CN2C1=O. The van der Waals surface area contributed by atoms with E-state index in [4.69, 9.17) is 9.72 Å². The topological polar surface area (TPSA) is 167 Å². The number of carbonyl (C=O) groups is 4. The van der Waals surface area contributed by atoms with E-state index in [9.17, 15) is 27.6 Å². The van der Waals surface area contributed by atoms with Crippen molar-refractivity contribution in [2.75, 3.05) is 19.6 Å². The number of carbonyl (C=O) groups excluding carboxylic acids is 4. The number of hydrogen-bond acceptors (Lipinski definition) is 9. The average Bonchev–Trinajstić information content (AvgIpc) is 3.97. The number of hydrogen-bond donors (Lipinski definition) is 3. The molecule has 280 valence electrons. The van der Waals surface area contributed by atoms with Crippen LogP contribution in [0.4, 0.5) is 4.79 Å². The quantitative estimate of drug-likeness (QED) is 0.377. The molecule has 0 unspecified atom stereocenters. The first-order valence-corrected chi connectivity index (χ1v) is 20.2. The summed E-state index contributed by atoms with van der Waals surface area (Å²) in [5.41, 5.74) is -0.399. The monoisotopic (exact) mass is 734 g/mol. The van der Waals surface area contributed by atoms with Crippen LogP contribution in [0, 0.1) is 17.8 Å². The molecule has 3 aliphatic heterocycles. The highest BCUT2D eigenvalue weighted by atomic mass is 32.2. The summed E-state index contributed by atoms with van der Waals surface area (Å²) in [5.74, 6) is -2.27. The molecule has 2 saturated heterocycles. The van der Waals surface area contributed by atoms with Gasteiger partial charge in [0, 0.05) is 43.4 Å². The van der Waals surface area contributed by atoms with Crippen LogP contribution in [-0.2, 0) is 35.7 Å². The van der Waals surface area contributed by atoms with Crippen molar-refractivity contribution in [3.63, 3.8) is 0 Å². The Hall–Kier alpha value is -4.04. The minimum Gasteiger partial charge on any atom is -0.444 e. The van der Waals surface area contributed by atoms with Gasteiger partial charge in [-0.25, -0.2) is 13.2 Å². The predicted octanol–water partition coefficient (Wildman–Crippen LogP) is 3.39. The maximum Gasteiger partial charge on any atom is 0.408 e. The number of ether oxygens (including phenoxy) is 1. The lowest BCUT2D eigenvalue weighted by atomic mass is 9.93. The van der Waals surface area contributed by atoms with Gasteiger partial charge in [-0.05, 0) is 77.3 Å². The first-order valence-electron chi connectivity index (χ1n) is 18.6. The van der Waals surface area contributed by atoms with Crippen LogP contribution in [0.15, 0.2) is 48.6 Å². The number of likely N-dealkylation sites (tertiary alicyclic amines) is 1. The second-order valence-corrected chi connectivity index (χ2v) is 18.2. The molecule has 0 spiro atoms. The van der Waals surface area contributed by atoms with Gasteiger partial charge in [0.1, 0.15) is 23.2 Å². The summed E-state index contributed by atoms with van der Waals surface area (Å²) >= 11 is 0. The second kappa shape index (κ2) is 14.1. The van der Waals surface area contributed by atoms with E-state index in [1.807, 2.05) is 42.5 Å². The Bertz CT molecular complexity index is 1870. The number of nitrogens with one attached hydrogen (secondary N) is 3. The minimum atomic E-state index is -3.86. The zero-order chi connectivity index (χ0) is 36.8. The van der Waals surface area contributed by atoms with Gasteiger partial charge in [-0.1, -0.05) is 49.3 Å². The van der Waals surface area contributed by atoms with Crippen molar-refractivity contribution in [1.29, 1.82) is 0 Å². The lowest BCUT2D eigenvalue weighted by molar-refractivity contribution is -0.142. The van der Waals surface area contributed by atoms with Crippen molar-refractivity contribution >= 4 is 44.7 Å². The number of para-hydroxylation sites is 1. The van der Waals surface area contributed by atoms with Gasteiger partial charge in [-0.15, -0.1) is 0 Å². The number of sulfonamides is 1. The van der Waals surface area contributed by atoms with Crippen LogP contribution in [-0.4, -0.2) is 95.1 Å². The molecule has 1 aromatic carbocycles. The fourth-order valence-electron chi connectivity index (χ4n) is 8.17. The Kier molecular flexibility index (Phi) is 9.83. The van der Waals surface area contributed by atoms with Crippen molar-refractivity contribution < 1.29 is 32.3 Å². The summed E-state index contributed by atoms with van der Waals surface area (Å²) in [6.07, 6.45) is 7.87. The van der Waals surface area contributed by atoms with Crippen LogP contribution in [0.3, 0.4) is 0 Å². The number of allylic oxidation sites excluding steroid dienone is 1. The standard InChI is InChI=1S/C38H50N6O7S/c1-37(2,3)51-36(48)40-31-14-8-6-4-5-7-12-26-19-38(26,35(47)42-52(49,50)28-17-18-28)41-33(45)32-29-23-43(20-25(29)21-44(32)34(31)46)22-27-16-15-24-11-9-10-13-30(24)39-27/h7,9-13,15-16,25-26,28-29,31-32H,4-6,8,14,17-23H2,1-3H3,(H,40,48)(H,41,45)(H,42,47)/b12-7-/t25-,26-,29-,31-,32-,38+/m0/s1. The van der Waals surface area contributed by atoms with E-state index in [1.54, 1.807) is 25.7 Å². The predicted molar refractivity (Wildman–Crippen MR) is 194 cm³/mol. The molecule has 2 aliphatic carbocycles. The largest absolute Gasteiger partial charge is 0.444 e. The average molecular weight is 735 g/mol. The van der Waals surface area contributed by atoms with E-state index in [1.165, 1.54) is 0 Å². The first kappa shape index (κ1) is 36.3. The summed E-state index contributed by atoms with van der Waals surface area (Å²) in [4.78, 5) is 64.5. The van der Waals surface area contributed by atoms with Crippen LogP contribution in [0.2, 0.25) is 0 Å². The van der Waals surface area contributed by atoms with Gasteiger partial charge in [0.2, 0.25) is 21.8 Å². The Morgan fingerprint density at radius 3 is 2.58 bits per heavy atom. The number of nitrogens with zero attached hydrogens (tertiary/aromatic N) is 3. The Morgan fingerprint density at radius 1 is 1.02 bits per heavy atom. The van der Waals surface area contributed by atoms with E-state index in [-0.39, 0.29) is 30.1 Å². The summed E-state index contributed by atoms with van der Waals surface area (Å²) in [5, 5.41) is 6.25. The molecule has 0 bridgehead atoms. The lowest BCUT2D eigenvalue weighted by Gasteiger charge is -2.33. The van der Waals surface area contributed by atoms with E-state index in [0.717, 1.165) is 35.9 Å². The van der Waals surface area contributed by atoms with Crippen molar-refractivity contribution in [2.24, 2.45) is 17.8 Å². The Labute approximate surface area is 305 Å². The molecular weight excluding hydrogens is 685 g/mol. The van der Waals surface area contributed by atoms with Gasteiger partial charge in [-0.2, -0.15) is 0 Å². The number of pyridine rings is 1. The first-order chi connectivity index (χ1) is 24.7. The van der Waals surface area contributed by atoms with Gasteiger partial charge in [-0.3, -0.25) is 29.0 Å². The minimum absolute atomic E-state index is 0.0452. The van der Waals surface area contributed by atoms with Crippen LogP contribution >= 0.6 is 0 Å². The van der Waals surface area contributed by atoms with Gasteiger partial charge in [0.05, 0.1) is 16.5 Å². The number of aromatic nitrogens is 1. The summed E-state index contributed by atoms with van der Waals surface area (Å²) < 4.78 is 33.5. The Morgan fingerprint density at radius 2 is 1.81 bits per heavy atom. The molecule has 13 nitrogen and oxygen atoms in total. The smallest absolute Gasteiger partial charge is 0.408 e. The third kappa shape index (κ3) is 7.83. The fraction of sp³-hybridized carbons (Fsp3) is 0.605. The van der Waals surface area contributed by atoms with Crippen molar-refractivity contribution in [2.45, 2.75) is 107 Å². The van der Waals surface area contributed by atoms with Crippen molar-refractivity contribution in [1.82, 2.24) is 30.1 Å². The highest BCUT2D eigenvalue weighted by Gasteiger charge is 2.63. The Balaban J connectivity index is 1.17. The molecule has 14 heteroatoms. The number of fused-ring (bicyclic) bond motifs is 5. The molecule has 1 aromatic heterocycles. The van der Waals surface area contributed by atoms with E-state index in [0.29, 0.717) is 51.9 Å². The number of benzene rings is 1. The maximum absolute atomic E-state index is 14.6. The van der Waals surface area contributed by atoms with Crippen molar-refractivity contribution in [3.8, 4) is 0 Å². The summed E-state index contributed by atoms with van der Waals surface area (Å²) in [6, 6.07) is 10.1. The maximum atomic E-state index is 14.6. The third-order valence-electron chi connectivity index (χ3n) is 11.0. The van der Waals surface area contributed by atoms with Gasteiger partial charge >= 0.3 is 6.09 Å². The fourth-order valence-corrected chi connectivity index (χ4v) is 9.53. The van der Waals surface area contributed by atoms with Gasteiger partial charge in [0.25, 0.3) is 5.91 Å². The van der Waals surface area contributed by atoms with Crippen LogP contribution in [0.25, 0.3) is 10.9 Å². The molecule has 52 heavy (non-hydrogen) atoms. The normalized spacial score (nSPS) is 30.6. The molecule has 7 rings (SSSR count). The molecule has 4 fully saturated rings. The number of amides is 4. The van der Waals surface area contributed by atoms with Crippen LogP contribution < -0.4 is 15.4 Å². The number of rotatable bonds is 6. The second-order valence-electron chi connectivity index (χ2n) is 16.3. The zero-order valence-electron chi connectivity index (χ0n) is 30.2. The molecule has 2 aromatic rings. The summed E-state index contributed by atoms with van der Waals surface area (Å²) in [7, 11) is -3.86. The highest BCUT2D eigenvalue weighted by Crippen LogP contribution is 2.47. The van der Waals surface area contributed by atoms with Crippen LogP contribution in [0.1, 0.15) is 77.8 Å². The molecular formula is C38H50N6O7S. The molecule has 2 saturated carbocycles. The lowest BCUT2D eigenvalue weighted by Crippen LogP contribution is -2.60. The van der Waals surface area contributed by atoms with E-state index < -0.39 is 56.4 Å². The molecule has 6 atom stereocenters.